The molecule has 0 aromatic heterocycles. The van der Waals surface area contributed by atoms with Gasteiger partial charge < -0.3 is 0 Å². The van der Waals surface area contributed by atoms with Gasteiger partial charge in [-0.05, 0) is 38.0 Å². The van der Waals surface area contributed by atoms with E-state index in [9.17, 15) is 0 Å². The van der Waals surface area contributed by atoms with E-state index in [0.29, 0.717) is 0 Å². The van der Waals surface area contributed by atoms with E-state index < -0.39 is 0 Å². The van der Waals surface area contributed by atoms with Gasteiger partial charge in [0.05, 0.1) is 0 Å². The molecule has 0 saturated carbocycles. The predicted molar refractivity (Wildman–Crippen MR) is 78.3 cm³/mol. The molecule has 0 nitrogen and oxygen atoms in total. The molecule has 0 saturated heterocycles. The Morgan fingerprint density at radius 3 is 2.06 bits per heavy atom. The molecule has 0 heterocycles. The van der Waals surface area contributed by atoms with Crippen LogP contribution in [-0.4, -0.2) is 0 Å². The normalized spacial score (nSPS) is 11.5. The highest BCUT2D eigenvalue weighted by atomic mass is 79.9. The summed E-state index contributed by atoms with van der Waals surface area (Å²) in [6, 6.07) is 17.0. The molecule has 2 aromatic carbocycles. The Morgan fingerprint density at radius 2 is 1.47 bits per heavy atom. The third kappa shape index (κ3) is 2.61. The molecule has 0 radical (unpaired) electrons. The predicted octanol–water partition coefficient (Wildman–Crippen LogP) is 5.41. The van der Waals surface area contributed by atoms with Crippen molar-refractivity contribution < 1.29 is 0 Å². The molecule has 0 bridgehead atoms. The molecule has 0 aliphatic carbocycles. The lowest BCUT2D eigenvalue weighted by Gasteiger charge is -2.22. The average molecular weight is 289 g/mol. The van der Waals surface area contributed by atoms with Gasteiger partial charge in [0.15, 0.2) is 0 Å². The van der Waals surface area contributed by atoms with E-state index in [0.717, 1.165) is 0 Å². The molecule has 0 atom stereocenters. The summed E-state index contributed by atoms with van der Waals surface area (Å²) < 4.78 is 1.21. The number of halogens is 1. The molecule has 1 heteroatoms. The van der Waals surface area contributed by atoms with Gasteiger partial charge in [-0.15, -0.1) is 0 Å². The molecule has 0 aliphatic rings. The lowest BCUT2D eigenvalue weighted by Crippen LogP contribution is -2.12. The maximum Gasteiger partial charge on any atom is 0.0291 e. The smallest absolute Gasteiger partial charge is 0.0291 e. The Labute approximate surface area is 112 Å². The monoisotopic (exact) mass is 288 g/mol. The van der Waals surface area contributed by atoms with Crippen molar-refractivity contribution in [3.63, 3.8) is 0 Å². The molecule has 0 fully saturated rings. The maximum atomic E-state index is 3.75. The van der Waals surface area contributed by atoms with Crippen molar-refractivity contribution in [3.05, 3.63) is 58.6 Å². The molecule has 2 rings (SSSR count). The van der Waals surface area contributed by atoms with E-state index in [4.69, 9.17) is 0 Å². The largest absolute Gasteiger partial charge is 0.0622 e. The number of rotatable bonds is 1. The van der Waals surface area contributed by atoms with Crippen molar-refractivity contribution in [1.29, 1.82) is 0 Å². The van der Waals surface area contributed by atoms with Crippen LogP contribution in [0.3, 0.4) is 0 Å². The molecular weight excluding hydrogens is 272 g/mol. The van der Waals surface area contributed by atoms with Crippen LogP contribution in [0.2, 0.25) is 0 Å². The van der Waals surface area contributed by atoms with E-state index in [1.165, 1.54) is 21.2 Å². The van der Waals surface area contributed by atoms with Crippen LogP contribution in [0.15, 0.2) is 53.0 Å². The van der Waals surface area contributed by atoms with Gasteiger partial charge >= 0.3 is 0 Å². The van der Waals surface area contributed by atoms with Crippen LogP contribution >= 0.6 is 15.9 Å². The van der Waals surface area contributed by atoms with Gasteiger partial charge in [0, 0.05) is 4.47 Å². The zero-order valence-electron chi connectivity index (χ0n) is 10.5. The third-order valence-electron chi connectivity index (χ3n) is 2.89. The van der Waals surface area contributed by atoms with Crippen LogP contribution in [0.1, 0.15) is 26.3 Å². The maximum absolute atomic E-state index is 3.75. The summed E-state index contributed by atoms with van der Waals surface area (Å²) in [5.41, 5.74) is 4.02. The second-order valence-corrected chi connectivity index (χ2v) is 6.08. The molecule has 0 N–H and O–H groups in total. The number of hydrogen-bond acceptors (Lipinski definition) is 0. The Morgan fingerprint density at radius 1 is 0.824 bits per heavy atom. The van der Waals surface area contributed by atoms with Gasteiger partial charge in [0.2, 0.25) is 0 Å². The van der Waals surface area contributed by atoms with Crippen LogP contribution in [0.25, 0.3) is 11.1 Å². The Bertz CT molecular complexity index is 507. The van der Waals surface area contributed by atoms with E-state index in [2.05, 4.69) is 79.2 Å². The number of hydrogen-bond donors (Lipinski definition) is 0. The van der Waals surface area contributed by atoms with Crippen molar-refractivity contribution in [1.82, 2.24) is 0 Å². The summed E-state index contributed by atoms with van der Waals surface area (Å²) in [4.78, 5) is 0. The molecule has 0 unspecified atom stereocenters. The molecule has 0 spiro atoms. The van der Waals surface area contributed by atoms with Crippen LogP contribution < -0.4 is 0 Å². The molecule has 0 aliphatic heterocycles. The first-order valence-corrected chi connectivity index (χ1v) is 6.64. The van der Waals surface area contributed by atoms with Gasteiger partial charge in [-0.1, -0.05) is 69.3 Å². The van der Waals surface area contributed by atoms with Crippen LogP contribution in [0, 0.1) is 0 Å². The van der Waals surface area contributed by atoms with E-state index >= 15 is 0 Å². The summed E-state index contributed by atoms with van der Waals surface area (Å²) in [6.45, 7) is 6.71. The first-order valence-electron chi connectivity index (χ1n) is 5.84. The van der Waals surface area contributed by atoms with Gasteiger partial charge in [-0.3, -0.25) is 0 Å². The van der Waals surface area contributed by atoms with Gasteiger partial charge in [-0.2, -0.15) is 0 Å². The average Bonchev–Trinajstić information content (AvgIpc) is 2.29. The van der Waals surface area contributed by atoms with Crippen LogP contribution in [-0.2, 0) is 5.41 Å². The van der Waals surface area contributed by atoms with Crippen molar-refractivity contribution in [2.24, 2.45) is 0 Å². The van der Waals surface area contributed by atoms with E-state index in [-0.39, 0.29) is 5.41 Å². The van der Waals surface area contributed by atoms with Crippen LogP contribution in [0.4, 0.5) is 0 Å². The van der Waals surface area contributed by atoms with Crippen molar-refractivity contribution in [2.75, 3.05) is 0 Å². The molecule has 88 valence electrons. The zero-order chi connectivity index (χ0) is 12.5. The van der Waals surface area contributed by atoms with Gasteiger partial charge in [0.1, 0.15) is 0 Å². The topological polar surface area (TPSA) is 0 Å². The fraction of sp³-hybridized carbons (Fsp3) is 0.250. The lowest BCUT2D eigenvalue weighted by atomic mass is 9.85. The van der Waals surface area contributed by atoms with E-state index in [1.54, 1.807) is 0 Å². The number of benzene rings is 2. The standard InChI is InChI=1S/C16H17Br/c1-16(2,3)14-11-7-10-13(15(14)17)12-8-5-4-6-9-12/h4-11H,1-3H3. The second-order valence-electron chi connectivity index (χ2n) is 5.28. The van der Waals surface area contributed by atoms with Crippen LogP contribution in [0.5, 0.6) is 0 Å². The SMILES string of the molecule is CC(C)(C)c1cccc(-c2ccccc2)c1Br. The minimum Gasteiger partial charge on any atom is -0.0622 e. The zero-order valence-corrected chi connectivity index (χ0v) is 12.1. The van der Waals surface area contributed by atoms with Crippen molar-refractivity contribution in [3.8, 4) is 11.1 Å². The summed E-state index contributed by atoms with van der Waals surface area (Å²) in [5, 5.41) is 0. The highest BCUT2D eigenvalue weighted by Crippen LogP contribution is 2.36. The Kier molecular flexibility index (Phi) is 3.39. The minimum atomic E-state index is 0.156. The summed E-state index contributed by atoms with van der Waals surface area (Å²) in [5.74, 6) is 0. The first-order chi connectivity index (χ1) is 8.00. The third-order valence-corrected chi connectivity index (χ3v) is 3.75. The lowest BCUT2D eigenvalue weighted by molar-refractivity contribution is 0.587. The van der Waals surface area contributed by atoms with Crippen molar-refractivity contribution >= 4 is 15.9 Å². The molecule has 17 heavy (non-hydrogen) atoms. The van der Waals surface area contributed by atoms with Gasteiger partial charge in [0.25, 0.3) is 0 Å². The Hall–Kier alpha value is -1.08. The quantitative estimate of drug-likeness (QED) is 0.658. The molecule has 0 amide bonds. The Balaban J connectivity index is 2.58. The van der Waals surface area contributed by atoms with Gasteiger partial charge in [-0.25, -0.2) is 0 Å². The highest BCUT2D eigenvalue weighted by Gasteiger charge is 2.18. The fourth-order valence-electron chi connectivity index (χ4n) is 1.95. The summed E-state index contributed by atoms with van der Waals surface area (Å²) in [6.07, 6.45) is 0. The first kappa shape index (κ1) is 12.4. The summed E-state index contributed by atoms with van der Waals surface area (Å²) in [7, 11) is 0. The van der Waals surface area contributed by atoms with E-state index in [1.807, 2.05) is 6.07 Å². The minimum absolute atomic E-state index is 0.156. The highest BCUT2D eigenvalue weighted by molar-refractivity contribution is 9.10. The van der Waals surface area contributed by atoms with Crippen molar-refractivity contribution in [2.45, 2.75) is 26.2 Å². The fourth-order valence-corrected chi connectivity index (χ4v) is 3.04. The molecule has 2 aromatic rings. The second kappa shape index (κ2) is 4.66. The summed E-state index contributed by atoms with van der Waals surface area (Å²) >= 11 is 3.75. The molecular formula is C16H17Br.